The number of nitrogens with one attached hydrogen (secondary N) is 1. The van der Waals surface area contributed by atoms with E-state index in [0.29, 0.717) is 18.2 Å². The Morgan fingerprint density at radius 1 is 1.26 bits per heavy atom. The second-order valence-corrected chi connectivity index (χ2v) is 6.21. The number of aromatic amines is 1. The minimum atomic E-state index is -0.103. The molecule has 1 aliphatic heterocycles. The molecule has 0 amide bonds. The van der Waals surface area contributed by atoms with E-state index in [1.165, 1.54) is 6.07 Å². The van der Waals surface area contributed by atoms with Crippen molar-refractivity contribution in [1.82, 2.24) is 14.9 Å². The second kappa shape index (κ2) is 7.51. The maximum atomic E-state index is 13.6. The van der Waals surface area contributed by atoms with Crippen molar-refractivity contribution in [2.24, 2.45) is 5.92 Å². The summed E-state index contributed by atoms with van der Waals surface area (Å²) in [5.41, 5.74) is 1.29. The standard InChI is InChI=1S/C18H22FN3O/c19-16-4-2-1-3-15(16)6-5-14-7-11-22(12-8-14)13-17-18(23)21-10-9-20-17/h1-4,9-10,14H,5-8,11-13H2,(H,21,23). The van der Waals surface area contributed by atoms with Crippen LogP contribution in [0.1, 0.15) is 30.5 Å². The van der Waals surface area contributed by atoms with Gasteiger partial charge in [0, 0.05) is 18.9 Å². The molecule has 5 heteroatoms. The first-order valence-electron chi connectivity index (χ1n) is 8.20. The van der Waals surface area contributed by atoms with Crippen LogP contribution in [0.4, 0.5) is 4.39 Å². The van der Waals surface area contributed by atoms with E-state index in [-0.39, 0.29) is 11.4 Å². The van der Waals surface area contributed by atoms with Crippen molar-refractivity contribution in [1.29, 1.82) is 0 Å². The lowest BCUT2D eigenvalue weighted by molar-refractivity contribution is 0.170. The molecule has 1 aromatic carbocycles. The number of H-pyrrole nitrogens is 1. The van der Waals surface area contributed by atoms with Crippen molar-refractivity contribution in [3.05, 3.63) is 64.1 Å². The average molecular weight is 315 g/mol. The lowest BCUT2D eigenvalue weighted by atomic mass is 9.90. The zero-order chi connectivity index (χ0) is 16.1. The Balaban J connectivity index is 1.46. The molecule has 1 fully saturated rings. The Bertz CT molecular complexity index is 692. The quantitative estimate of drug-likeness (QED) is 0.923. The zero-order valence-corrected chi connectivity index (χ0v) is 13.2. The summed E-state index contributed by atoms with van der Waals surface area (Å²) in [4.78, 5) is 20.8. The van der Waals surface area contributed by atoms with Crippen molar-refractivity contribution in [2.75, 3.05) is 13.1 Å². The smallest absolute Gasteiger partial charge is 0.270 e. The number of piperidine rings is 1. The Morgan fingerprint density at radius 2 is 2.04 bits per heavy atom. The average Bonchev–Trinajstić information content (AvgIpc) is 2.57. The van der Waals surface area contributed by atoms with Gasteiger partial charge in [-0.25, -0.2) is 4.39 Å². The van der Waals surface area contributed by atoms with Gasteiger partial charge in [-0.1, -0.05) is 18.2 Å². The van der Waals surface area contributed by atoms with Crippen LogP contribution in [0.25, 0.3) is 0 Å². The topological polar surface area (TPSA) is 49.0 Å². The summed E-state index contributed by atoms with van der Waals surface area (Å²) in [5, 5.41) is 0. The monoisotopic (exact) mass is 315 g/mol. The lowest BCUT2D eigenvalue weighted by Gasteiger charge is -2.31. The summed E-state index contributed by atoms with van der Waals surface area (Å²) in [7, 11) is 0. The number of hydrogen-bond donors (Lipinski definition) is 1. The van der Waals surface area contributed by atoms with Gasteiger partial charge in [-0.2, -0.15) is 0 Å². The zero-order valence-electron chi connectivity index (χ0n) is 13.2. The first-order chi connectivity index (χ1) is 11.2. The number of halogens is 1. The molecule has 0 atom stereocenters. The van der Waals surface area contributed by atoms with Gasteiger partial charge in [-0.05, 0) is 56.3 Å². The third-order valence-corrected chi connectivity index (χ3v) is 4.64. The van der Waals surface area contributed by atoms with Gasteiger partial charge in [0.2, 0.25) is 0 Å². The molecule has 0 saturated carbocycles. The lowest BCUT2D eigenvalue weighted by Crippen LogP contribution is -2.35. The van der Waals surface area contributed by atoms with Gasteiger partial charge < -0.3 is 4.98 Å². The van der Waals surface area contributed by atoms with E-state index in [9.17, 15) is 9.18 Å². The highest BCUT2D eigenvalue weighted by atomic mass is 19.1. The molecule has 0 spiro atoms. The Morgan fingerprint density at radius 3 is 2.78 bits per heavy atom. The molecule has 4 nitrogen and oxygen atoms in total. The predicted molar refractivity (Wildman–Crippen MR) is 87.6 cm³/mol. The maximum absolute atomic E-state index is 13.6. The van der Waals surface area contributed by atoms with Crippen LogP contribution in [-0.4, -0.2) is 28.0 Å². The Labute approximate surface area is 135 Å². The summed E-state index contributed by atoms with van der Waals surface area (Å²) in [5.74, 6) is 0.534. The molecule has 1 N–H and O–H groups in total. The van der Waals surface area contributed by atoms with E-state index < -0.39 is 0 Å². The highest BCUT2D eigenvalue weighted by Crippen LogP contribution is 2.23. The van der Waals surface area contributed by atoms with Crippen LogP contribution >= 0.6 is 0 Å². The van der Waals surface area contributed by atoms with Gasteiger partial charge in [0.05, 0.1) is 0 Å². The fraction of sp³-hybridized carbons (Fsp3) is 0.444. The third kappa shape index (κ3) is 4.26. The summed E-state index contributed by atoms with van der Waals surface area (Å²) in [6.45, 7) is 2.55. The van der Waals surface area contributed by atoms with Crippen LogP contribution in [0, 0.1) is 11.7 Å². The molecule has 0 radical (unpaired) electrons. The van der Waals surface area contributed by atoms with Crippen molar-refractivity contribution >= 4 is 0 Å². The van der Waals surface area contributed by atoms with E-state index in [1.807, 2.05) is 12.1 Å². The molecular formula is C18H22FN3O. The second-order valence-electron chi connectivity index (χ2n) is 6.21. The van der Waals surface area contributed by atoms with Crippen LogP contribution in [0.15, 0.2) is 41.5 Å². The summed E-state index contributed by atoms with van der Waals surface area (Å²) in [6.07, 6.45) is 7.20. The molecule has 1 aliphatic rings. The van der Waals surface area contributed by atoms with E-state index in [4.69, 9.17) is 0 Å². The number of likely N-dealkylation sites (tertiary alicyclic amines) is 1. The minimum Gasteiger partial charge on any atom is -0.326 e. The van der Waals surface area contributed by atoms with Gasteiger partial charge >= 0.3 is 0 Å². The summed E-state index contributed by atoms with van der Waals surface area (Å²) < 4.78 is 13.6. The van der Waals surface area contributed by atoms with Crippen LogP contribution in [0.3, 0.4) is 0 Å². The van der Waals surface area contributed by atoms with E-state index in [2.05, 4.69) is 14.9 Å². The molecule has 122 valence electrons. The van der Waals surface area contributed by atoms with Gasteiger partial charge in [0.1, 0.15) is 11.5 Å². The first-order valence-corrected chi connectivity index (χ1v) is 8.20. The molecule has 3 rings (SSSR count). The number of aryl methyl sites for hydroxylation is 1. The predicted octanol–water partition coefficient (Wildman–Crippen LogP) is 2.75. The molecule has 23 heavy (non-hydrogen) atoms. The summed E-state index contributed by atoms with van der Waals surface area (Å²) in [6, 6.07) is 7.03. The van der Waals surface area contributed by atoms with E-state index >= 15 is 0 Å². The maximum Gasteiger partial charge on any atom is 0.270 e. The normalized spacial score (nSPS) is 16.6. The number of aromatic nitrogens is 2. The molecule has 2 heterocycles. The van der Waals surface area contributed by atoms with Crippen molar-refractivity contribution < 1.29 is 4.39 Å². The number of hydrogen-bond acceptors (Lipinski definition) is 3. The van der Waals surface area contributed by atoms with Crippen LogP contribution < -0.4 is 5.56 Å². The fourth-order valence-corrected chi connectivity index (χ4v) is 3.20. The Kier molecular flexibility index (Phi) is 5.18. The largest absolute Gasteiger partial charge is 0.326 e. The van der Waals surface area contributed by atoms with Gasteiger partial charge in [0.15, 0.2) is 0 Å². The van der Waals surface area contributed by atoms with Crippen LogP contribution in [0.2, 0.25) is 0 Å². The Hall–Kier alpha value is -2.01. The van der Waals surface area contributed by atoms with E-state index in [1.54, 1.807) is 18.5 Å². The molecule has 1 aromatic heterocycles. The van der Waals surface area contributed by atoms with E-state index in [0.717, 1.165) is 44.3 Å². The molecule has 0 bridgehead atoms. The van der Waals surface area contributed by atoms with Crippen LogP contribution in [0.5, 0.6) is 0 Å². The first kappa shape index (κ1) is 15.9. The van der Waals surface area contributed by atoms with Crippen molar-refractivity contribution in [3.63, 3.8) is 0 Å². The molecule has 0 unspecified atom stereocenters. The number of benzene rings is 1. The SMILES string of the molecule is O=c1[nH]ccnc1CN1CCC(CCc2ccccc2F)CC1. The van der Waals surface area contributed by atoms with Crippen molar-refractivity contribution in [2.45, 2.75) is 32.2 Å². The molecule has 0 aliphatic carbocycles. The summed E-state index contributed by atoms with van der Waals surface area (Å²) >= 11 is 0. The number of nitrogens with zero attached hydrogens (tertiary/aromatic N) is 2. The van der Waals surface area contributed by atoms with Crippen LogP contribution in [-0.2, 0) is 13.0 Å². The van der Waals surface area contributed by atoms with Gasteiger partial charge in [-0.3, -0.25) is 14.7 Å². The van der Waals surface area contributed by atoms with Crippen molar-refractivity contribution in [3.8, 4) is 0 Å². The number of rotatable bonds is 5. The van der Waals surface area contributed by atoms with Gasteiger partial charge in [0.25, 0.3) is 5.56 Å². The third-order valence-electron chi connectivity index (χ3n) is 4.64. The minimum absolute atomic E-state index is 0.0979. The molecular weight excluding hydrogens is 293 g/mol. The molecule has 2 aromatic rings. The highest BCUT2D eigenvalue weighted by molar-refractivity contribution is 5.17. The highest BCUT2D eigenvalue weighted by Gasteiger charge is 2.20. The molecule has 1 saturated heterocycles. The van der Waals surface area contributed by atoms with Gasteiger partial charge in [-0.15, -0.1) is 0 Å². The fourth-order valence-electron chi connectivity index (χ4n) is 3.20.